The molecule has 1 aromatic heterocycles. The van der Waals surface area contributed by atoms with Crippen molar-refractivity contribution >= 4 is 41.9 Å². The number of halogens is 5. The first-order chi connectivity index (χ1) is 15.0. The van der Waals surface area contributed by atoms with Crippen molar-refractivity contribution in [1.29, 1.82) is 0 Å². The van der Waals surface area contributed by atoms with E-state index in [0.29, 0.717) is 30.9 Å². The second-order valence-electron chi connectivity index (χ2n) is 8.09. The highest BCUT2D eigenvalue weighted by Crippen LogP contribution is 2.48. The Balaban J connectivity index is 0.00000153. The minimum atomic E-state index is -4.52. The molecule has 1 aromatic carbocycles. The van der Waals surface area contributed by atoms with Gasteiger partial charge in [0.2, 0.25) is 5.88 Å². The molecule has 182 valence electrons. The molecule has 11 heteroatoms. The van der Waals surface area contributed by atoms with E-state index in [9.17, 15) is 13.2 Å². The van der Waals surface area contributed by atoms with E-state index < -0.39 is 11.9 Å². The number of nitrogens with zero attached hydrogens (tertiary/aromatic N) is 2. The van der Waals surface area contributed by atoms with Crippen molar-refractivity contribution in [1.82, 2.24) is 10.3 Å². The summed E-state index contributed by atoms with van der Waals surface area (Å²) in [6, 6.07) is 6.94. The molecular formula is C22H27Cl2F3N4O2. The highest BCUT2D eigenvalue weighted by Gasteiger charge is 2.42. The molecule has 1 fully saturated rings. The second kappa shape index (κ2) is 10.1. The number of pyridine rings is 1. The molecule has 2 atom stereocenters. The van der Waals surface area contributed by atoms with Crippen LogP contribution in [0.4, 0.5) is 30.2 Å². The van der Waals surface area contributed by atoms with E-state index in [1.54, 1.807) is 6.92 Å². The highest BCUT2D eigenvalue weighted by atomic mass is 35.5. The Kier molecular flexibility index (Phi) is 7.88. The van der Waals surface area contributed by atoms with E-state index in [0.717, 1.165) is 43.4 Å². The van der Waals surface area contributed by atoms with Gasteiger partial charge in [0, 0.05) is 42.0 Å². The third-order valence-electron chi connectivity index (χ3n) is 6.20. The normalized spacial score (nSPS) is 21.2. The van der Waals surface area contributed by atoms with Crippen molar-refractivity contribution in [2.24, 2.45) is 0 Å². The summed E-state index contributed by atoms with van der Waals surface area (Å²) in [5.41, 5.74) is 3.86. The Labute approximate surface area is 203 Å². The number of nitrogens with one attached hydrogen (secondary N) is 2. The van der Waals surface area contributed by atoms with Crippen LogP contribution in [-0.4, -0.2) is 43.9 Å². The number of piperidine rings is 1. The Bertz CT molecular complexity index is 993. The molecular weight excluding hydrogens is 480 g/mol. The number of alkyl halides is 3. The summed E-state index contributed by atoms with van der Waals surface area (Å²) in [4.78, 5) is 6.18. The van der Waals surface area contributed by atoms with E-state index in [2.05, 4.69) is 26.6 Å². The number of hydrogen-bond acceptors (Lipinski definition) is 6. The van der Waals surface area contributed by atoms with Gasteiger partial charge in [0.1, 0.15) is 11.4 Å². The molecule has 0 spiro atoms. The number of benzene rings is 1. The van der Waals surface area contributed by atoms with Gasteiger partial charge in [-0.1, -0.05) is 0 Å². The van der Waals surface area contributed by atoms with Crippen LogP contribution in [0.5, 0.6) is 5.88 Å². The number of hydrogen-bond donors (Lipinski definition) is 2. The molecule has 5 rings (SSSR count). The zero-order valence-corrected chi connectivity index (χ0v) is 19.7. The first kappa shape index (κ1) is 25.7. The number of aromatic nitrogens is 1. The summed E-state index contributed by atoms with van der Waals surface area (Å²) in [5, 5.41) is 6.74. The average Bonchev–Trinajstić information content (AvgIpc) is 2.90. The lowest BCUT2D eigenvalue weighted by Gasteiger charge is -2.33. The van der Waals surface area contributed by atoms with Crippen LogP contribution in [0, 0.1) is 0 Å². The zero-order chi connectivity index (χ0) is 21.6. The molecule has 0 amide bonds. The quantitative estimate of drug-likeness (QED) is 0.616. The molecule has 1 saturated heterocycles. The highest BCUT2D eigenvalue weighted by molar-refractivity contribution is 5.85. The molecule has 2 N–H and O–H groups in total. The number of rotatable bonds is 4. The van der Waals surface area contributed by atoms with Crippen molar-refractivity contribution in [3.8, 4) is 5.88 Å². The first-order valence-corrected chi connectivity index (χ1v) is 10.7. The SMILES string of the molecule is CCOc1nc(C(F)(F)F)ccc1Nc1cc2c3c(c1)[C@@H]1CNCC[C@@H]1N3CCOC2.Cl.Cl. The van der Waals surface area contributed by atoms with Crippen LogP contribution in [0.3, 0.4) is 0 Å². The fraction of sp³-hybridized carbons (Fsp3) is 0.500. The Hall–Kier alpha value is -1.94. The van der Waals surface area contributed by atoms with E-state index in [1.807, 2.05) is 6.07 Å². The van der Waals surface area contributed by atoms with Gasteiger partial charge < -0.3 is 25.0 Å². The van der Waals surface area contributed by atoms with Gasteiger partial charge >= 0.3 is 6.18 Å². The van der Waals surface area contributed by atoms with Crippen LogP contribution in [-0.2, 0) is 17.5 Å². The van der Waals surface area contributed by atoms with Gasteiger partial charge in [0.25, 0.3) is 0 Å². The second-order valence-corrected chi connectivity index (χ2v) is 8.09. The summed E-state index contributed by atoms with van der Waals surface area (Å²) >= 11 is 0. The van der Waals surface area contributed by atoms with Crippen molar-refractivity contribution in [2.45, 2.75) is 38.1 Å². The molecule has 33 heavy (non-hydrogen) atoms. The van der Waals surface area contributed by atoms with Gasteiger partial charge in [-0.3, -0.25) is 0 Å². The summed E-state index contributed by atoms with van der Waals surface area (Å²) < 4.78 is 50.5. The summed E-state index contributed by atoms with van der Waals surface area (Å²) in [7, 11) is 0. The van der Waals surface area contributed by atoms with Gasteiger partial charge in [0.05, 0.1) is 19.8 Å². The predicted octanol–water partition coefficient (Wildman–Crippen LogP) is 4.88. The maximum absolute atomic E-state index is 13.1. The third-order valence-corrected chi connectivity index (χ3v) is 6.20. The summed E-state index contributed by atoms with van der Waals surface area (Å²) in [6.07, 6.45) is -3.44. The minimum absolute atomic E-state index is 0. The molecule has 6 nitrogen and oxygen atoms in total. The van der Waals surface area contributed by atoms with Crippen LogP contribution in [0.15, 0.2) is 24.3 Å². The van der Waals surface area contributed by atoms with Gasteiger partial charge in [-0.15, -0.1) is 24.8 Å². The van der Waals surface area contributed by atoms with Crippen LogP contribution >= 0.6 is 24.8 Å². The zero-order valence-electron chi connectivity index (χ0n) is 18.1. The van der Waals surface area contributed by atoms with E-state index in [1.165, 1.54) is 17.3 Å². The van der Waals surface area contributed by atoms with Crippen molar-refractivity contribution in [3.63, 3.8) is 0 Å². The lowest BCUT2D eigenvalue weighted by Crippen LogP contribution is -2.44. The lowest BCUT2D eigenvalue weighted by molar-refractivity contribution is -0.141. The number of ether oxygens (including phenoxy) is 2. The van der Waals surface area contributed by atoms with Gasteiger partial charge in [-0.2, -0.15) is 13.2 Å². The minimum Gasteiger partial charge on any atom is -0.476 e. The largest absolute Gasteiger partial charge is 0.476 e. The topological polar surface area (TPSA) is 58.7 Å². The molecule has 0 saturated carbocycles. The third kappa shape index (κ3) is 4.82. The molecule has 0 bridgehead atoms. The molecule has 0 aliphatic carbocycles. The Morgan fingerprint density at radius 2 is 2.09 bits per heavy atom. The van der Waals surface area contributed by atoms with Crippen LogP contribution in [0.25, 0.3) is 0 Å². The summed E-state index contributed by atoms with van der Waals surface area (Å²) in [5.74, 6) is 0.332. The fourth-order valence-corrected chi connectivity index (χ4v) is 4.95. The Morgan fingerprint density at radius 3 is 2.85 bits per heavy atom. The molecule has 0 radical (unpaired) electrons. The number of fused-ring (bicyclic) bond motifs is 3. The standard InChI is InChI=1S/C22H25F3N4O2.2ClH/c1-2-31-21-17(3-4-19(28-21)22(23,24)25)27-14-9-13-12-30-8-7-29-18-5-6-26-11-16(18)15(10-14)20(13)29;;/h3-4,9-10,16,18,26-27H,2,5-8,11-12H2,1H3;2*1H/t16-,18-;;/m0../s1. The maximum Gasteiger partial charge on any atom is 0.433 e. The van der Waals surface area contributed by atoms with Crippen molar-refractivity contribution in [2.75, 3.05) is 43.1 Å². The van der Waals surface area contributed by atoms with E-state index in [-0.39, 0.29) is 37.3 Å². The van der Waals surface area contributed by atoms with Crippen molar-refractivity contribution < 1.29 is 22.6 Å². The molecule has 4 heterocycles. The number of anilines is 3. The lowest BCUT2D eigenvalue weighted by atomic mass is 9.89. The first-order valence-electron chi connectivity index (χ1n) is 10.7. The van der Waals surface area contributed by atoms with Gasteiger partial charge in [-0.05, 0) is 49.7 Å². The summed E-state index contributed by atoms with van der Waals surface area (Å²) in [6.45, 7) is 5.94. The maximum atomic E-state index is 13.1. The van der Waals surface area contributed by atoms with Gasteiger partial charge in [-0.25, -0.2) is 4.98 Å². The fourth-order valence-electron chi connectivity index (χ4n) is 4.95. The molecule has 2 aromatic rings. The predicted molar refractivity (Wildman–Crippen MR) is 126 cm³/mol. The van der Waals surface area contributed by atoms with Crippen LogP contribution in [0.2, 0.25) is 0 Å². The van der Waals surface area contributed by atoms with Gasteiger partial charge in [0.15, 0.2) is 0 Å². The van der Waals surface area contributed by atoms with Crippen LogP contribution < -0.4 is 20.3 Å². The molecule has 3 aliphatic heterocycles. The van der Waals surface area contributed by atoms with E-state index >= 15 is 0 Å². The monoisotopic (exact) mass is 506 g/mol. The van der Waals surface area contributed by atoms with Crippen LogP contribution in [0.1, 0.15) is 36.1 Å². The van der Waals surface area contributed by atoms with Crippen molar-refractivity contribution in [3.05, 3.63) is 41.1 Å². The Morgan fingerprint density at radius 1 is 1.27 bits per heavy atom. The molecule has 3 aliphatic rings. The smallest absolute Gasteiger partial charge is 0.433 e. The van der Waals surface area contributed by atoms with E-state index in [4.69, 9.17) is 9.47 Å². The molecule has 0 unspecified atom stereocenters. The average molecular weight is 507 g/mol.